The topological polar surface area (TPSA) is 65.5 Å². The Morgan fingerprint density at radius 2 is 1.79 bits per heavy atom. The molecule has 1 aromatic rings. The minimum Gasteiger partial charge on any atom is -0.354 e. The molecule has 0 aliphatic heterocycles. The van der Waals surface area contributed by atoms with E-state index < -0.39 is 0 Å². The van der Waals surface area contributed by atoms with Crippen molar-refractivity contribution in [1.82, 2.24) is 16.0 Å². The van der Waals surface area contributed by atoms with Crippen molar-refractivity contribution < 1.29 is 4.79 Å². The highest BCUT2D eigenvalue weighted by molar-refractivity contribution is 14.0. The lowest BCUT2D eigenvalue weighted by Gasteiger charge is -2.30. The lowest BCUT2D eigenvalue weighted by molar-refractivity contribution is -0.126. The third-order valence-corrected chi connectivity index (χ3v) is 6.23. The van der Waals surface area contributed by atoms with Crippen LogP contribution in [0.1, 0.15) is 62.0 Å². The van der Waals surface area contributed by atoms with Gasteiger partial charge < -0.3 is 16.0 Å². The van der Waals surface area contributed by atoms with Crippen LogP contribution in [0.25, 0.3) is 0 Å². The summed E-state index contributed by atoms with van der Waals surface area (Å²) in [4.78, 5) is 16.8. The number of carbonyl (C=O) groups excluding carboxylic acids is 1. The second-order valence-electron chi connectivity index (χ2n) is 8.51. The van der Waals surface area contributed by atoms with E-state index in [1.54, 1.807) is 0 Å². The molecule has 28 heavy (non-hydrogen) atoms. The number of benzene rings is 1. The summed E-state index contributed by atoms with van der Waals surface area (Å²) in [6.07, 6.45) is 7.60. The summed E-state index contributed by atoms with van der Waals surface area (Å²) in [7, 11) is 1.83. The van der Waals surface area contributed by atoms with E-state index in [0.29, 0.717) is 24.0 Å². The number of nitrogens with one attached hydrogen (secondary N) is 3. The van der Waals surface area contributed by atoms with E-state index in [4.69, 9.17) is 0 Å². The van der Waals surface area contributed by atoms with E-state index in [2.05, 4.69) is 52.1 Å². The van der Waals surface area contributed by atoms with Crippen LogP contribution in [-0.2, 0) is 4.79 Å². The summed E-state index contributed by atoms with van der Waals surface area (Å²) < 4.78 is 0. The van der Waals surface area contributed by atoms with Crippen LogP contribution >= 0.6 is 24.0 Å². The molecule has 1 amide bonds. The molecule has 6 heteroatoms. The number of halogens is 1. The summed E-state index contributed by atoms with van der Waals surface area (Å²) in [5.74, 6) is 1.86. The zero-order valence-corrected chi connectivity index (χ0v) is 19.2. The van der Waals surface area contributed by atoms with E-state index in [1.165, 1.54) is 11.1 Å². The molecule has 4 unspecified atom stereocenters. The molecular weight excluding hydrogens is 463 g/mol. The van der Waals surface area contributed by atoms with Gasteiger partial charge in [0.15, 0.2) is 5.96 Å². The van der Waals surface area contributed by atoms with Gasteiger partial charge in [-0.15, -0.1) is 24.0 Å². The first kappa shape index (κ1) is 21.4. The maximum absolute atomic E-state index is 12.4. The number of carbonyl (C=O) groups is 1. The minimum atomic E-state index is 0. The first-order valence-corrected chi connectivity index (χ1v) is 10.5. The van der Waals surface area contributed by atoms with Crippen molar-refractivity contribution in [1.29, 1.82) is 0 Å². The molecule has 0 aromatic heterocycles. The van der Waals surface area contributed by atoms with Crippen LogP contribution in [0.5, 0.6) is 0 Å². The smallest absolute Gasteiger partial charge is 0.223 e. The standard InChI is InChI=1S/C22H32N4O.HI/c1-14-6-3-4-9-18(14)19-13-20(19)26-22(23-2)25-17-8-5-7-15(12-17)21(27)24-16-10-11-16;/h3-4,6,9,15-17,19-20H,5,7-8,10-13H2,1-2H3,(H,24,27)(H2,23,25,26);1H. The van der Waals surface area contributed by atoms with Gasteiger partial charge in [-0.1, -0.05) is 30.7 Å². The molecular formula is C22H33IN4O. The third-order valence-electron chi connectivity index (χ3n) is 6.23. The summed E-state index contributed by atoms with van der Waals surface area (Å²) in [6, 6.07) is 9.89. The first-order chi connectivity index (χ1) is 13.1. The van der Waals surface area contributed by atoms with Crippen molar-refractivity contribution in [2.75, 3.05) is 7.05 Å². The van der Waals surface area contributed by atoms with Gasteiger partial charge in [0.25, 0.3) is 0 Å². The first-order valence-electron chi connectivity index (χ1n) is 10.5. The fourth-order valence-corrected chi connectivity index (χ4v) is 4.35. The lowest BCUT2D eigenvalue weighted by Crippen LogP contribution is -2.47. The highest BCUT2D eigenvalue weighted by Gasteiger charge is 2.40. The Labute approximate surface area is 185 Å². The van der Waals surface area contributed by atoms with E-state index >= 15 is 0 Å². The second-order valence-corrected chi connectivity index (χ2v) is 8.51. The molecule has 1 aromatic carbocycles. The number of aliphatic imine (C=N–C) groups is 1. The molecule has 0 bridgehead atoms. The molecule has 3 N–H and O–H groups in total. The van der Waals surface area contributed by atoms with Crippen molar-refractivity contribution in [3.63, 3.8) is 0 Å². The van der Waals surface area contributed by atoms with E-state index in [-0.39, 0.29) is 35.8 Å². The van der Waals surface area contributed by atoms with Gasteiger partial charge >= 0.3 is 0 Å². The number of rotatable bonds is 5. The fraction of sp³-hybridized carbons (Fsp3) is 0.636. The van der Waals surface area contributed by atoms with Gasteiger partial charge in [0.1, 0.15) is 0 Å². The Kier molecular flexibility index (Phi) is 7.23. The number of hydrogen-bond donors (Lipinski definition) is 3. The average Bonchev–Trinajstić information content (AvgIpc) is 3.59. The number of aryl methyl sites for hydroxylation is 1. The molecule has 5 nitrogen and oxygen atoms in total. The molecule has 4 rings (SSSR count). The molecule has 0 radical (unpaired) electrons. The van der Waals surface area contributed by atoms with Crippen molar-refractivity contribution in [3.05, 3.63) is 35.4 Å². The van der Waals surface area contributed by atoms with Crippen LogP contribution in [0.3, 0.4) is 0 Å². The normalized spacial score (nSPS) is 29.4. The Bertz CT molecular complexity index is 718. The van der Waals surface area contributed by atoms with Gasteiger partial charge in [-0.05, 0) is 56.6 Å². The molecule has 3 fully saturated rings. The monoisotopic (exact) mass is 496 g/mol. The molecule has 0 spiro atoms. The largest absolute Gasteiger partial charge is 0.354 e. The van der Waals surface area contributed by atoms with Crippen molar-refractivity contribution in [3.8, 4) is 0 Å². The Balaban J connectivity index is 0.00000225. The predicted octanol–water partition coefficient (Wildman–Crippen LogP) is 3.47. The summed E-state index contributed by atoms with van der Waals surface area (Å²) >= 11 is 0. The van der Waals surface area contributed by atoms with E-state index in [1.807, 2.05) is 7.05 Å². The van der Waals surface area contributed by atoms with Gasteiger partial charge in [-0.3, -0.25) is 9.79 Å². The average molecular weight is 496 g/mol. The molecule has 3 aliphatic rings. The Hall–Kier alpha value is -1.31. The summed E-state index contributed by atoms with van der Waals surface area (Å²) in [5.41, 5.74) is 2.81. The van der Waals surface area contributed by atoms with Crippen LogP contribution < -0.4 is 16.0 Å². The van der Waals surface area contributed by atoms with Crippen LogP contribution in [0.4, 0.5) is 0 Å². The number of hydrogen-bond acceptors (Lipinski definition) is 2. The number of amides is 1. The zero-order valence-electron chi connectivity index (χ0n) is 16.9. The second kappa shape index (κ2) is 9.46. The summed E-state index contributed by atoms with van der Waals surface area (Å²) in [5, 5.41) is 10.3. The van der Waals surface area contributed by atoms with Crippen LogP contribution in [0, 0.1) is 12.8 Å². The molecule has 3 aliphatic carbocycles. The third kappa shape index (κ3) is 5.39. The molecule has 0 saturated heterocycles. The van der Waals surface area contributed by atoms with Crippen molar-refractivity contribution >= 4 is 35.8 Å². The SMILES string of the molecule is CN=C(NC1CCCC(C(=O)NC2CC2)C1)NC1CC1c1ccccc1C.I. The molecule has 4 atom stereocenters. The van der Waals surface area contributed by atoms with Gasteiger partial charge in [0.2, 0.25) is 5.91 Å². The van der Waals surface area contributed by atoms with Gasteiger partial charge in [-0.2, -0.15) is 0 Å². The Morgan fingerprint density at radius 1 is 1.00 bits per heavy atom. The van der Waals surface area contributed by atoms with Crippen molar-refractivity contribution in [2.45, 2.75) is 75.9 Å². The van der Waals surface area contributed by atoms with Crippen molar-refractivity contribution in [2.24, 2.45) is 10.9 Å². The summed E-state index contributed by atoms with van der Waals surface area (Å²) in [6.45, 7) is 2.19. The van der Waals surface area contributed by atoms with Crippen LogP contribution in [0.15, 0.2) is 29.3 Å². The van der Waals surface area contributed by atoms with E-state index in [0.717, 1.165) is 50.9 Å². The number of nitrogens with zero attached hydrogens (tertiary/aromatic N) is 1. The van der Waals surface area contributed by atoms with Gasteiger partial charge in [-0.25, -0.2) is 0 Å². The fourth-order valence-electron chi connectivity index (χ4n) is 4.35. The maximum atomic E-state index is 12.4. The van der Waals surface area contributed by atoms with Gasteiger partial charge in [0.05, 0.1) is 0 Å². The molecule has 154 valence electrons. The van der Waals surface area contributed by atoms with Crippen LogP contribution in [-0.4, -0.2) is 37.0 Å². The minimum absolute atomic E-state index is 0. The maximum Gasteiger partial charge on any atom is 0.223 e. The Morgan fingerprint density at radius 3 is 2.50 bits per heavy atom. The van der Waals surface area contributed by atoms with Crippen LogP contribution in [0.2, 0.25) is 0 Å². The van der Waals surface area contributed by atoms with Gasteiger partial charge in [0, 0.05) is 37.0 Å². The highest BCUT2D eigenvalue weighted by atomic mass is 127. The zero-order chi connectivity index (χ0) is 18.8. The predicted molar refractivity (Wildman–Crippen MR) is 124 cm³/mol. The molecule has 0 heterocycles. The highest BCUT2D eigenvalue weighted by Crippen LogP contribution is 2.42. The number of guanidine groups is 1. The lowest BCUT2D eigenvalue weighted by atomic mass is 9.85. The molecule has 3 saturated carbocycles. The van der Waals surface area contributed by atoms with E-state index in [9.17, 15) is 4.79 Å². The quantitative estimate of drug-likeness (QED) is 0.332.